The molecule has 9 heteroatoms. The quantitative estimate of drug-likeness (QED) is 0.849. The van der Waals surface area contributed by atoms with Gasteiger partial charge in [0, 0.05) is 18.9 Å². The second-order valence-corrected chi connectivity index (χ2v) is 6.45. The standard InChI is InChI=1S/C13H15FN4O3S/c1-9-3-4-10(14)5-12(9)17-13(19)7-16-22(20,21)11-6-15-18(2)8-11/h3-6,8,16H,7H2,1-2H3,(H,17,19). The van der Waals surface area contributed by atoms with E-state index in [0.29, 0.717) is 11.3 Å². The Hall–Kier alpha value is -2.26. The number of carbonyl (C=O) groups is 1. The highest BCUT2D eigenvalue weighted by Gasteiger charge is 2.17. The third kappa shape index (κ3) is 3.89. The molecule has 1 aromatic carbocycles. The van der Waals surface area contributed by atoms with Gasteiger partial charge in [-0.05, 0) is 24.6 Å². The molecule has 0 saturated heterocycles. The summed E-state index contributed by atoms with van der Waals surface area (Å²) in [7, 11) is -2.23. The number of aryl methyl sites for hydroxylation is 2. The molecule has 0 bridgehead atoms. The Morgan fingerprint density at radius 1 is 1.41 bits per heavy atom. The molecule has 2 N–H and O–H groups in total. The van der Waals surface area contributed by atoms with Crippen LogP contribution in [0.15, 0.2) is 35.5 Å². The first-order chi connectivity index (χ1) is 10.3. The third-order valence-corrected chi connectivity index (χ3v) is 4.24. The van der Waals surface area contributed by atoms with E-state index in [1.807, 2.05) is 0 Å². The highest BCUT2D eigenvalue weighted by atomic mass is 32.2. The van der Waals surface area contributed by atoms with Crippen LogP contribution < -0.4 is 10.0 Å². The van der Waals surface area contributed by atoms with Gasteiger partial charge >= 0.3 is 0 Å². The third-order valence-electron chi connectivity index (χ3n) is 2.89. The van der Waals surface area contributed by atoms with E-state index < -0.39 is 28.3 Å². The topological polar surface area (TPSA) is 93.1 Å². The maximum absolute atomic E-state index is 13.1. The average Bonchev–Trinajstić information content (AvgIpc) is 2.88. The second kappa shape index (κ2) is 6.24. The lowest BCUT2D eigenvalue weighted by molar-refractivity contribution is -0.115. The maximum Gasteiger partial charge on any atom is 0.244 e. The van der Waals surface area contributed by atoms with Crippen molar-refractivity contribution in [1.82, 2.24) is 14.5 Å². The normalized spacial score (nSPS) is 11.4. The van der Waals surface area contributed by atoms with E-state index in [1.54, 1.807) is 14.0 Å². The first kappa shape index (κ1) is 16.1. The Balaban J connectivity index is 1.99. The van der Waals surface area contributed by atoms with Gasteiger partial charge in [0.05, 0.1) is 12.7 Å². The predicted molar refractivity (Wildman–Crippen MR) is 78.2 cm³/mol. The van der Waals surface area contributed by atoms with Gasteiger partial charge in [0.2, 0.25) is 15.9 Å². The van der Waals surface area contributed by atoms with Crippen molar-refractivity contribution < 1.29 is 17.6 Å². The van der Waals surface area contributed by atoms with E-state index in [-0.39, 0.29) is 4.90 Å². The molecular formula is C13H15FN4O3S. The van der Waals surface area contributed by atoms with E-state index in [0.717, 1.165) is 0 Å². The number of anilines is 1. The van der Waals surface area contributed by atoms with Crippen LogP contribution in [-0.2, 0) is 21.9 Å². The van der Waals surface area contributed by atoms with E-state index in [2.05, 4.69) is 15.1 Å². The number of amides is 1. The fraction of sp³-hybridized carbons (Fsp3) is 0.231. The molecule has 1 amide bonds. The van der Waals surface area contributed by atoms with Crippen LogP contribution in [0.2, 0.25) is 0 Å². The average molecular weight is 326 g/mol. The van der Waals surface area contributed by atoms with Gasteiger partial charge < -0.3 is 5.32 Å². The van der Waals surface area contributed by atoms with Crippen molar-refractivity contribution in [2.45, 2.75) is 11.8 Å². The Labute approximate surface area is 127 Å². The molecule has 1 aromatic heterocycles. The van der Waals surface area contributed by atoms with Crippen molar-refractivity contribution in [1.29, 1.82) is 0 Å². The first-order valence-electron chi connectivity index (χ1n) is 6.32. The molecule has 7 nitrogen and oxygen atoms in total. The minimum atomic E-state index is -3.81. The summed E-state index contributed by atoms with van der Waals surface area (Å²) in [4.78, 5) is 11.7. The fourth-order valence-corrected chi connectivity index (χ4v) is 2.67. The first-order valence-corrected chi connectivity index (χ1v) is 7.80. The van der Waals surface area contributed by atoms with Gasteiger partial charge in [-0.2, -0.15) is 5.10 Å². The second-order valence-electron chi connectivity index (χ2n) is 4.68. The molecule has 2 aromatic rings. The summed E-state index contributed by atoms with van der Waals surface area (Å²) < 4.78 is 40.5. The number of nitrogens with one attached hydrogen (secondary N) is 2. The highest BCUT2D eigenvalue weighted by Crippen LogP contribution is 2.15. The Bertz CT molecular complexity index is 801. The monoisotopic (exact) mass is 326 g/mol. The SMILES string of the molecule is Cc1ccc(F)cc1NC(=O)CNS(=O)(=O)c1cnn(C)c1. The van der Waals surface area contributed by atoms with Gasteiger partial charge in [-0.1, -0.05) is 6.07 Å². The Morgan fingerprint density at radius 3 is 2.77 bits per heavy atom. The lowest BCUT2D eigenvalue weighted by Gasteiger charge is -2.09. The lowest BCUT2D eigenvalue weighted by Crippen LogP contribution is -2.32. The van der Waals surface area contributed by atoms with Crippen molar-refractivity contribution in [2.75, 3.05) is 11.9 Å². The number of rotatable bonds is 5. The van der Waals surface area contributed by atoms with Crippen LogP contribution in [0.5, 0.6) is 0 Å². The van der Waals surface area contributed by atoms with Gasteiger partial charge in [-0.15, -0.1) is 0 Å². The van der Waals surface area contributed by atoms with Gasteiger partial charge in [-0.25, -0.2) is 17.5 Å². The van der Waals surface area contributed by atoms with Crippen molar-refractivity contribution >= 4 is 21.6 Å². The predicted octanol–water partition coefficient (Wildman–Crippen LogP) is 0.785. The molecule has 0 aliphatic rings. The highest BCUT2D eigenvalue weighted by molar-refractivity contribution is 7.89. The number of nitrogens with zero attached hydrogens (tertiary/aromatic N) is 2. The minimum absolute atomic E-state index is 0.0373. The molecule has 0 aliphatic heterocycles. The van der Waals surface area contributed by atoms with Gasteiger partial charge in [0.25, 0.3) is 0 Å². The molecular weight excluding hydrogens is 311 g/mol. The van der Waals surface area contributed by atoms with Crippen molar-refractivity contribution in [3.8, 4) is 0 Å². The number of hydrogen-bond acceptors (Lipinski definition) is 4. The molecule has 1 heterocycles. The van der Waals surface area contributed by atoms with E-state index >= 15 is 0 Å². The van der Waals surface area contributed by atoms with Crippen LogP contribution in [0.1, 0.15) is 5.56 Å². The molecule has 0 saturated carbocycles. The van der Waals surface area contributed by atoms with Crippen molar-refractivity contribution in [3.05, 3.63) is 42.0 Å². The Kier molecular flexibility index (Phi) is 4.57. The van der Waals surface area contributed by atoms with Crippen molar-refractivity contribution in [2.24, 2.45) is 7.05 Å². The molecule has 0 unspecified atom stereocenters. The number of sulfonamides is 1. The van der Waals surface area contributed by atoms with Crippen molar-refractivity contribution in [3.63, 3.8) is 0 Å². The summed E-state index contributed by atoms with van der Waals surface area (Å²) in [6.45, 7) is 1.24. The van der Waals surface area contributed by atoms with Crippen LogP contribution in [0.3, 0.4) is 0 Å². The zero-order valence-corrected chi connectivity index (χ0v) is 12.8. The lowest BCUT2D eigenvalue weighted by atomic mass is 10.2. The molecule has 0 radical (unpaired) electrons. The van der Waals surface area contributed by atoms with Crippen LogP contribution in [0.4, 0.5) is 10.1 Å². The summed E-state index contributed by atoms with van der Waals surface area (Å²) in [5.41, 5.74) is 0.968. The summed E-state index contributed by atoms with van der Waals surface area (Å²) in [6.07, 6.45) is 2.49. The number of hydrogen-bond donors (Lipinski definition) is 2. The van der Waals surface area contributed by atoms with Crippen LogP contribution in [0.25, 0.3) is 0 Å². The number of aromatic nitrogens is 2. The number of carbonyl (C=O) groups excluding carboxylic acids is 1. The summed E-state index contributed by atoms with van der Waals surface area (Å²) in [5, 5.41) is 6.21. The smallest absolute Gasteiger partial charge is 0.244 e. The van der Waals surface area contributed by atoms with E-state index in [1.165, 1.54) is 35.3 Å². The molecule has 2 rings (SSSR count). The van der Waals surface area contributed by atoms with Gasteiger partial charge in [0.1, 0.15) is 10.7 Å². The summed E-state index contributed by atoms with van der Waals surface area (Å²) in [5.74, 6) is -1.09. The van der Waals surface area contributed by atoms with Crippen LogP contribution in [0, 0.1) is 12.7 Å². The summed E-state index contributed by atoms with van der Waals surface area (Å²) >= 11 is 0. The zero-order valence-electron chi connectivity index (χ0n) is 12.0. The van der Waals surface area contributed by atoms with Gasteiger partial charge in [0.15, 0.2) is 0 Å². The molecule has 118 valence electrons. The van der Waals surface area contributed by atoms with Gasteiger partial charge in [-0.3, -0.25) is 9.48 Å². The molecule has 22 heavy (non-hydrogen) atoms. The molecule has 0 aliphatic carbocycles. The van der Waals surface area contributed by atoms with E-state index in [9.17, 15) is 17.6 Å². The zero-order chi connectivity index (χ0) is 16.3. The Morgan fingerprint density at radius 2 is 2.14 bits per heavy atom. The largest absolute Gasteiger partial charge is 0.325 e. The fourth-order valence-electron chi connectivity index (χ4n) is 1.70. The molecule has 0 spiro atoms. The number of halogens is 1. The summed E-state index contributed by atoms with van der Waals surface area (Å²) in [6, 6.07) is 3.96. The minimum Gasteiger partial charge on any atom is -0.325 e. The van der Waals surface area contributed by atoms with E-state index in [4.69, 9.17) is 0 Å². The molecule has 0 fully saturated rings. The van der Waals surface area contributed by atoms with Crippen LogP contribution >= 0.6 is 0 Å². The van der Waals surface area contributed by atoms with Crippen LogP contribution in [-0.4, -0.2) is 30.7 Å². The maximum atomic E-state index is 13.1. The molecule has 0 atom stereocenters. The number of benzene rings is 1.